The Morgan fingerprint density at radius 1 is 1.33 bits per heavy atom. The number of rotatable bonds is 3. The van der Waals surface area contributed by atoms with Crippen LogP contribution in [0.5, 0.6) is 0 Å². The SMILES string of the molecule is Cc1ccoc1CSc1ccc(Cl)nn1. The first-order valence-electron chi connectivity index (χ1n) is 4.41. The number of hydrogen-bond donors (Lipinski definition) is 0. The highest BCUT2D eigenvalue weighted by molar-refractivity contribution is 7.98. The highest BCUT2D eigenvalue weighted by Crippen LogP contribution is 2.23. The van der Waals surface area contributed by atoms with Gasteiger partial charge in [-0.3, -0.25) is 0 Å². The zero-order chi connectivity index (χ0) is 10.7. The van der Waals surface area contributed by atoms with Gasteiger partial charge in [0.1, 0.15) is 10.8 Å². The zero-order valence-corrected chi connectivity index (χ0v) is 9.68. The van der Waals surface area contributed by atoms with E-state index >= 15 is 0 Å². The van der Waals surface area contributed by atoms with Crippen LogP contribution in [0.25, 0.3) is 0 Å². The maximum atomic E-state index is 5.64. The summed E-state index contributed by atoms with van der Waals surface area (Å²) < 4.78 is 5.31. The lowest BCUT2D eigenvalue weighted by Gasteiger charge is -1.98. The van der Waals surface area contributed by atoms with Crippen molar-refractivity contribution in [1.29, 1.82) is 0 Å². The molecule has 0 N–H and O–H groups in total. The fraction of sp³-hybridized carbons (Fsp3) is 0.200. The van der Waals surface area contributed by atoms with Crippen LogP contribution in [0, 0.1) is 6.92 Å². The minimum Gasteiger partial charge on any atom is -0.468 e. The van der Waals surface area contributed by atoms with E-state index in [-0.39, 0.29) is 0 Å². The normalized spacial score (nSPS) is 10.5. The molecule has 0 bridgehead atoms. The largest absolute Gasteiger partial charge is 0.468 e. The summed E-state index contributed by atoms with van der Waals surface area (Å²) in [5, 5.41) is 8.97. The van der Waals surface area contributed by atoms with Crippen LogP contribution in [0.4, 0.5) is 0 Å². The molecule has 0 fully saturated rings. The average molecular weight is 241 g/mol. The average Bonchev–Trinajstić information content (AvgIpc) is 2.63. The summed E-state index contributed by atoms with van der Waals surface area (Å²) in [6, 6.07) is 5.52. The van der Waals surface area contributed by atoms with Crippen molar-refractivity contribution in [1.82, 2.24) is 10.2 Å². The Balaban J connectivity index is 1.99. The first-order chi connectivity index (χ1) is 7.25. The summed E-state index contributed by atoms with van der Waals surface area (Å²) in [6.45, 7) is 2.02. The van der Waals surface area contributed by atoms with Crippen LogP contribution in [0.15, 0.2) is 33.9 Å². The Morgan fingerprint density at radius 2 is 2.20 bits per heavy atom. The Kier molecular flexibility index (Phi) is 3.28. The summed E-state index contributed by atoms with van der Waals surface area (Å²) in [7, 11) is 0. The number of aryl methyl sites for hydroxylation is 1. The lowest BCUT2D eigenvalue weighted by Crippen LogP contribution is -1.86. The third-order valence-electron chi connectivity index (χ3n) is 1.93. The van der Waals surface area contributed by atoms with Crippen LogP contribution in [0.2, 0.25) is 5.15 Å². The molecule has 0 aromatic carbocycles. The van der Waals surface area contributed by atoms with Gasteiger partial charge in [-0.2, -0.15) is 0 Å². The molecule has 3 nitrogen and oxygen atoms in total. The van der Waals surface area contributed by atoms with Crippen molar-refractivity contribution in [3.05, 3.63) is 40.9 Å². The van der Waals surface area contributed by atoms with E-state index in [4.69, 9.17) is 16.0 Å². The van der Waals surface area contributed by atoms with Gasteiger partial charge >= 0.3 is 0 Å². The van der Waals surface area contributed by atoms with Gasteiger partial charge < -0.3 is 4.42 Å². The molecule has 0 aliphatic carbocycles. The molecule has 0 unspecified atom stereocenters. The van der Waals surface area contributed by atoms with Crippen molar-refractivity contribution >= 4 is 23.4 Å². The standard InChI is InChI=1S/C10H9ClN2OS/c1-7-4-5-14-8(7)6-15-10-3-2-9(11)12-13-10/h2-5H,6H2,1H3. The molecule has 2 aromatic heterocycles. The summed E-state index contributed by atoms with van der Waals surface area (Å²) in [5.41, 5.74) is 1.16. The van der Waals surface area contributed by atoms with Crippen molar-refractivity contribution in [3.8, 4) is 0 Å². The van der Waals surface area contributed by atoms with E-state index < -0.39 is 0 Å². The zero-order valence-electron chi connectivity index (χ0n) is 8.11. The van der Waals surface area contributed by atoms with Gasteiger partial charge in [-0.15, -0.1) is 10.2 Å². The minimum atomic E-state index is 0.411. The summed E-state index contributed by atoms with van der Waals surface area (Å²) >= 11 is 7.21. The van der Waals surface area contributed by atoms with Gasteiger partial charge in [0.25, 0.3) is 0 Å². The van der Waals surface area contributed by atoms with Crippen LogP contribution in [-0.4, -0.2) is 10.2 Å². The predicted molar refractivity (Wildman–Crippen MR) is 60.0 cm³/mol. The first-order valence-corrected chi connectivity index (χ1v) is 5.77. The summed E-state index contributed by atoms with van der Waals surface area (Å²) in [6.07, 6.45) is 1.69. The molecule has 2 heterocycles. The Labute approximate surface area is 96.8 Å². The van der Waals surface area contributed by atoms with Crippen molar-refractivity contribution in [2.24, 2.45) is 0 Å². The van der Waals surface area contributed by atoms with Crippen molar-refractivity contribution in [3.63, 3.8) is 0 Å². The fourth-order valence-electron chi connectivity index (χ4n) is 1.07. The van der Waals surface area contributed by atoms with Crippen molar-refractivity contribution in [2.75, 3.05) is 0 Å². The van der Waals surface area contributed by atoms with Gasteiger partial charge in [-0.05, 0) is 30.7 Å². The molecule has 0 radical (unpaired) electrons. The second-order valence-electron chi connectivity index (χ2n) is 3.01. The quantitative estimate of drug-likeness (QED) is 0.772. The number of nitrogens with zero attached hydrogens (tertiary/aromatic N) is 2. The van der Waals surface area contributed by atoms with Gasteiger partial charge in [0.2, 0.25) is 0 Å². The van der Waals surface area contributed by atoms with Crippen LogP contribution < -0.4 is 0 Å². The number of halogens is 1. The first kappa shape index (κ1) is 10.5. The molecule has 0 saturated heterocycles. The van der Waals surface area contributed by atoms with Gasteiger partial charge in [0.05, 0.1) is 12.0 Å². The third kappa shape index (κ3) is 2.73. The molecule has 78 valence electrons. The van der Waals surface area contributed by atoms with Crippen molar-refractivity contribution in [2.45, 2.75) is 17.7 Å². The molecule has 0 aliphatic rings. The highest BCUT2D eigenvalue weighted by atomic mass is 35.5. The van der Waals surface area contributed by atoms with Gasteiger partial charge in [-0.1, -0.05) is 23.4 Å². The smallest absolute Gasteiger partial charge is 0.151 e. The number of hydrogen-bond acceptors (Lipinski definition) is 4. The van der Waals surface area contributed by atoms with E-state index in [9.17, 15) is 0 Å². The van der Waals surface area contributed by atoms with E-state index in [0.717, 1.165) is 22.1 Å². The Bertz CT molecular complexity index is 441. The van der Waals surface area contributed by atoms with Crippen LogP contribution in [-0.2, 0) is 5.75 Å². The lowest BCUT2D eigenvalue weighted by atomic mass is 10.3. The molecule has 0 aliphatic heterocycles. The Morgan fingerprint density at radius 3 is 2.80 bits per heavy atom. The van der Waals surface area contributed by atoms with E-state index in [0.29, 0.717) is 5.15 Å². The molecular formula is C10H9ClN2OS. The predicted octanol–water partition coefficient (Wildman–Crippen LogP) is 3.32. The van der Waals surface area contributed by atoms with Gasteiger partial charge in [-0.25, -0.2) is 0 Å². The lowest BCUT2D eigenvalue weighted by molar-refractivity contribution is 0.527. The van der Waals surface area contributed by atoms with Gasteiger partial charge in [0, 0.05) is 0 Å². The van der Waals surface area contributed by atoms with E-state index in [1.54, 1.807) is 24.1 Å². The number of thioether (sulfide) groups is 1. The molecule has 2 rings (SSSR count). The third-order valence-corrected chi connectivity index (χ3v) is 3.05. The highest BCUT2D eigenvalue weighted by Gasteiger charge is 2.03. The molecule has 0 amide bonds. The number of aromatic nitrogens is 2. The number of furan rings is 1. The fourth-order valence-corrected chi connectivity index (χ4v) is 2.01. The molecular weight excluding hydrogens is 232 g/mol. The molecule has 0 atom stereocenters. The van der Waals surface area contributed by atoms with Crippen LogP contribution >= 0.6 is 23.4 Å². The maximum absolute atomic E-state index is 5.64. The maximum Gasteiger partial charge on any atom is 0.151 e. The second kappa shape index (κ2) is 4.68. The monoisotopic (exact) mass is 240 g/mol. The molecule has 15 heavy (non-hydrogen) atoms. The van der Waals surface area contributed by atoms with Crippen LogP contribution in [0.3, 0.4) is 0 Å². The molecule has 5 heteroatoms. The summed E-state index contributed by atoms with van der Waals surface area (Å²) in [5.74, 6) is 1.73. The van der Waals surface area contributed by atoms with Gasteiger partial charge in [0.15, 0.2) is 5.15 Å². The van der Waals surface area contributed by atoms with E-state index in [1.807, 2.05) is 19.1 Å². The van der Waals surface area contributed by atoms with E-state index in [2.05, 4.69) is 10.2 Å². The van der Waals surface area contributed by atoms with Crippen molar-refractivity contribution < 1.29 is 4.42 Å². The van der Waals surface area contributed by atoms with E-state index in [1.165, 1.54) is 0 Å². The molecule has 0 saturated carbocycles. The Hall–Kier alpha value is -1.00. The molecule has 2 aromatic rings. The summed E-state index contributed by atoms with van der Waals surface area (Å²) in [4.78, 5) is 0. The topological polar surface area (TPSA) is 38.9 Å². The minimum absolute atomic E-state index is 0.411. The molecule has 0 spiro atoms. The second-order valence-corrected chi connectivity index (χ2v) is 4.39. The van der Waals surface area contributed by atoms with Crippen LogP contribution in [0.1, 0.15) is 11.3 Å².